The molecule has 1 aromatic heterocycles. The number of hydrogen-bond acceptors (Lipinski definition) is 2. The molecule has 0 N–H and O–H groups in total. The van der Waals surface area contributed by atoms with Crippen molar-refractivity contribution in [3.63, 3.8) is 0 Å². The Hall–Kier alpha value is -1.25. The number of rotatable bonds is 1. The van der Waals surface area contributed by atoms with E-state index >= 15 is 0 Å². The maximum absolute atomic E-state index is 10.1. The van der Waals surface area contributed by atoms with E-state index in [1.54, 1.807) is 17.8 Å². The number of carboxylic acids is 1. The first-order valence-electron chi connectivity index (χ1n) is 2.53. The first kappa shape index (κ1) is 5.88. The van der Waals surface area contributed by atoms with Gasteiger partial charge in [0.15, 0.2) is 0 Å². The lowest BCUT2D eigenvalue weighted by atomic mass is 10.4. The normalized spacial score (nSPS) is 9.44. The van der Waals surface area contributed by atoms with Crippen molar-refractivity contribution in [2.75, 3.05) is 0 Å². The van der Waals surface area contributed by atoms with Crippen molar-refractivity contribution >= 4 is 5.97 Å². The SMILES string of the molecule is Cn1ccc(C(=O)[O-])c1. The van der Waals surface area contributed by atoms with Crippen molar-refractivity contribution in [1.82, 2.24) is 4.57 Å². The highest BCUT2D eigenvalue weighted by atomic mass is 16.4. The molecule has 0 fully saturated rings. The van der Waals surface area contributed by atoms with Crippen LogP contribution in [0.1, 0.15) is 10.4 Å². The maximum Gasteiger partial charge on any atom is 0.0730 e. The highest BCUT2D eigenvalue weighted by Gasteiger charge is 1.91. The van der Waals surface area contributed by atoms with E-state index < -0.39 is 5.97 Å². The van der Waals surface area contributed by atoms with E-state index in [1.165, 1.54) is 12.3 Å². The van der Waals surface area contributed by atoms with E-state index in [2.05, 4.69) is 0 Å². The minimum atomic E-state index is -1.13. The lowest BCUT2D eigenvalue weighted by molar-refractivity contribution is -0.255. The Morgan fingerprint density at radius 3 is 2.67 bits per heavy atom. The summed E-state index contributed by atoms with van der Waals surface area (Å²) in [6.07, 6.45) is 3.15. The molecule has 0 spiro atoms. The second-order valence-electron chi connectivity index (χ2n) is 1.85. The zero-order chi connectivity index (χ0) is 6.85. The van der Waals surface area contributed by atoms with E-state index in [0.29, 0.717) is 0 Å². The zero-order valence-corrected chi connectivity index (χ0v) is 5.00. The predicted octanol–water partition coefficient (Wildman–Crippen LogP) is -0.611. The Labute approximate surface area is 52.5 Å². The quantitative estimate of drug-likeness (QED) is 0.501. The highest BCUT2D eigenvalue weighted by Crippen LogP contribution is 1.95. The van der Waals surface area contributed by atoms with Crippen LogP contribution in [0.5, 0.6) is 0 Å². The second kappa shape index (κ2) is 1.93. The molecule has 0 unspecified atom stereocenters. The number of aryl methyl sites for hydroxylation is 1. The summed E-state index contributed by atoms with van der Waals surface area (Å²) in [4.78, 5) is 10.1. The van der Waals surface area contributed by atoms with Gasteiger partial charge in [-0.15, -0.1) is 0 Å². The summed E-state index contributed by atoms with van der Waals surface area (Å²) in [5.74, 6) is -1.13. The predicted molar refractivity (Wildman–Crippen MR) is 29.7 cm³/mol. The smallest absolute Gasteiger partial charge is 0.0730 e. The monoisotopic (exact) mass is 124 g/mol. The van der Waals surface area contributed by atoms with Crippen LogP contribution in [0, 0.1) is 0 Å². The molecule has 3 nitrogen and oxygen atoms in total. The molecule has 0 radical (unpaired) electrons. The van der Waals surface area contributed by atoms with Crippen molar-refractivity contribution in [2.24, 2.45) is 7.05 Å². The molecule has 0 aliphatic heterocycles. The Kier molecular flexibility index (Phi) is 1.26. The van der Waals surface area contributed by atoms with Crippen LogP contribution in [0.2, 0.25) is 0 Å². The molecule has 0 amide bonds. The second-order valence-corrected chi connectivity index (χ2v) is 1.85. The van der Waals surface area contributed by atoms with Crippen LogP contribution in [-0.4, -0.2) is 10.5 Å². The van der Waals surface area contributed by atoms with Crippen LogP contribution >= 0.6 is 0 Å². The fraction of sp³-hybridized carbons (Fsp3) is 0.167. The fourth-order valence-corrected chi connectivity index (χ4v) is 0.624. The average Bonchev–Trinajstić information content (AvgIpc) is 2.14. The largest absolute Gasteiger partial charge is 0.545 e. The Bertz CT molecular complexity index is 227. The lowest BCUT2D eigenvalue weighted by Gasteiger charge is -1.93. The van der Waals surface area contributed by atoms with Crippen LogP contribution in [-0.2, 0) is 7.05 Å². The van der Waals surface area contributed by atoms with Crippen molar-refractivity contribution in [1.29, 1.82) is 0 Å². The molecular formula is C6H6NO2-. The number of aromatic carboxylic acids is 1. The minimum absolute atomic E-state index is 0.220. The van der Waals surface area contributed by atoms with E-state index in [0.717, 1.165) is 0 Å². The summed E-state index contributed by atoms with van der Waals surface area (Å²) in [6, 6.07) is 1.50. The fourth-order valence-electron chi connectivity index (χ4n) is 0.624. The van der Waals surface area contributed by atoms with Gasteiger partial charge in [-0.25, -0.2) is 0 Å². The van der Waals surface area contributed by atoms with Crippen molar-refractivity contribution in [3.05, 3.63) is 24.0 Å². The van der Waals surface area contributed by atoms with Crippen molar-refractivity contribution in [3.8, 4) is 0 Å². The molecule has 0 saturated carbocycles. The Balaban J connectivity index is 2.98. The van der Waals surface area contributed by atoms with Gasteiger partial charge in [0, 0.05) is 25.0 Å². The first-order chi connectivity index (χ1) is 4.20. The Morgan fingerprint density at radius 1 is 1.78 bits per heavy atom. The molecular weight excluding hydrogens is 118 g/mol. The van der Waals surface area contributed by atoms with E-state index in [1.807, 2.05) is 0 Å². The van der Waals surface area contributed by atoms with E-state index in [4.69, 9.17) is 0 Å². The van der Waals surface area contributed by atoms with Crippen molar-refractivity contribution in [2.45, 2.75) is 0 Å². The number of carbonyl (C=O) groups is 1. The first-order valence-corrected chi connectivity index (χ1v) is 2.53. The van der Waals surface area contributed by atoms with Gasteiger partial charge in [-0.2, -0.15) is 0 Å². The molecule has 0 bridgehead atoms. The van der Waals surface area contributed by atoms with Gasteiger partial charge >= 0.3 is 0 Å². The molecule has 48 valence electrons. The molecule has 1 aromatic rings. The molecule has 0 atom stereocenters. The van der Waals surface area contributed by atoms with Gasteiger partial charge in [-0.3, -0.25) is 0 Å². The number of nitrogens with zero attached hydrogens (tertiary/aromatic N) is 1. The van der Waals surface area contributed by atoms with Crippen LogP contribution in [0.15, 0.2) is 18.5 Å². The molecule has 0 aliphatic carbocycles. The van der Waals surface area contributed by atoms with Gasteiger partial charge in [0.05, 0.1) is 5.97 Å². The molecule has 0 aromatic carbocycles. The standard InChI is InChI=1S/C6H7NO2/c1-7-3-2-5(4-7)6(8)9/h2-4H,1H3,(H,8,9)/p-1. The van der Waals surface area contributed by atoms with Gasteiger partial charge in [-0.05, 0) is 6.07 Å². The zero-order valence-electron chi connectivity index (χ0n) is 5.00. The molecule has 1 rings (SSSR count). The number of hydrogen-bond donors (Lipinski definition) is 0. The molecule has 3 heteroatoms. The number of carboxylic acid groups (broad SMARTS) is 1. The summed E-state index contributed by atoms with van der Waals surface area (Å²) in [7, 11) is 1.76. The number of aromatic nitrogens is 1. The van der Waals surface area contributed by atoms with Gasteiger partial charge in [0.1, 0.15) is 0 Å². The lowest BCUT2D eigenvalue weighted by Crippen LogP contribution is -2.21. The molecule has 0 aliphatic rings. The van der Waals surface area contributed by atoms with Gasteiger partial charge in [0.25, 0.3) is 0 Å². The van der Waals surface area contributed by atoms with E-state index in [-0.39, 0.29) is 5.56 Å². The third-order valence-corrected chi connectivity index (χ3v) is 1.07. The van der Waals surface area contributed by atoms with Crippen molar-refractivity contribution < 1.29 is 9.90 Å². The van der Waals surface area contributed by atoms with Gasteiger partial charge in [0.2, 0.25) is 0 Å². The van der Waals surface area contributed by atoms with Gasteiger partial charge in [-0.1, -0.05) is 0 Å². The Morgan fingerprint density at radius 2 is 2.44 bits per heavy atom. The minimum Gasteiger partial charge on any atom is -0.545 e. The van der Waals surface area contributed by atoms with E-state index in [9.17, 15) is 9.90 Å². The summed E-state index contributed by atoms with van der Waals surface area (Å²) in [5.41, 5.74) is 0.220. The third kappa shape index (κ3) is 1.10. The van der Waals surface area contributed by atoms with Gasteiger partial charge < -0.3 is 14.5 Å². The average molecular weight is 124 g/mol. The molecule has 0 saturated heterocycles. The van der Waals surface area contributed by atoms with Crippen LogP contribution in [0.3, 0.4) is 0 Å². The summed E-state index contributed by atoms with van der Waals surface area (Å²) in [6.45, 7) is 0. The summed E-state index contributed by atoms with van der Waals surface area (Å²) in [5, 5.41) is 10.1. The highest BCUT2D eigenvalue weighted by molar-refractivity contribution is 5.85. The number of carbonyl (C=O) groups excluding carboxylic acids is 1. The van der Waals surface area contributed by atoms with Crippen LogP contribution < -0.4 is 5.11 Å². The topological polar surface area (TPSA) is 45.1 Å². The molecule has 1 heterocycles. The third-order valence-electron chi connectivity index (χ3n) is 1.07. The maximum atomic E-state index is 10.1. The van der Waals surface area contributed by atoms with Crippen LogP contribution in [0.4, 0.5) is 0 Å². The summed E-state index contributed by atoms with van der Waals surface area (Å²) >= 11 is 0. The summed E-state index contributed by atoms with van der Waals surface area (Å²) < 4.78 is 1.66. The molecule has 9 heavy (non-hydrogen) atoms. The van der Waals surface area contributed by atoms with Crippen LogP contribution in [0.25, 0.3) is 0 Å².